The van der Waals surface area contributed by atoms with E-state index in [1.807, 2.05) is 24.3 Å². The lowest BCUT2D eigenvalue weighted by molar-refractivity contribution is -0.137. The quantitative estimate of drug-likeness (QED) is 0.126. The number of para-hydroxylation sites is 2. The molecule has 0 fully saturated rings. The van der Waals surface area contributed by atoms with Gasteiger partial charge in [-0.3, -0.25) is 9.59 Å². The number of ether oxygens (including phenoxy) is 1. The maximum absolute atomic E-state index is 13.1. The van der Waals surface area contributed by atoms with Crippen LogP contribution < -0.4 is 15.4 Å². The number of nitrogens with one attached hydrogen (secondary N) is 2. The van der Waals surface area contributed by atoms with Crippen LogP contribution in [-0.2, 0) is 17.6 Å². The Morgan fingerprint density at radius 1 is 0.762 bits per heavy atom. The fraction of sp³-hybridized carbons (Fsp3) is 0.278. The summed E-state index contributed by atoms with van der Waals surface area (Å²) in [5.41, 5.74) is 7.00. The molecule has 0 atom stereocenters. The summed E-state index contributed by atoms with van der Waals surface area (Å²) in [5, 5.41) is 15.4. The number of carboxylic acid groups (broad SMARTS) is 1. The lowest BCUT2D eigenvalue weighted by atomic mass is 9.95. The molecular formula is C36H40N2O4. The van der Waals surface area contributed by atoms with Crippen molar-refractivity contribution in [1.82, 2.24) is 0 Å². The van der Waals surface area contributed by atoms with Gasteiger partial charge in [0.05, 0.1) is 18.3 Å². The van der Waals surface area contributed by atoms with Crippen molar-refractivity contribution < 1.29 is 19.4 Å². The predicted octanol–water partition coefficient (Wildman–Crippen LogP) is 8.29. The first-order chi connectivity index (χ1) is 20.5. The average molecular weight is 565 g/mol. The number of hydrogen-bond acceptors (Lipinski definition) is 4. The molecule has 218 valence electrons. The van der Waals surface area contributed by atoms with Gasteiger partial charge in [-0.15, -0.1) is 0 Å². The van der Waals surface area contributed by atoms with E-state index in [1.54, 1.807) is 24.3 Å². The molecule has 0 aromatic heterocycles. The molecule has 0 radical (unpaired) electrons. The summed E-state index contributed by atoms with van der Waals surface area (Å²) in [4.78, 5) is 23.8. The Labute approximate surface area is 248 Å². The number of rotatable bonds is 15. The van der Waals surface area contributed by atoms with E-state index in [0.29, 0.717) is 23.4 Å². The molecule has 0 bridgehead atoms. The summed E-state index contributed by atoms with van der Waals surface area (Å²) in [6, 6.07) is 32.2. The first kappa shape index (κ1) is 30.4. The Morgan fingerprint density at radius 2 is 1.33 bits per heavy atom. The Balaban J connectivity index is 1.47. The van der Waals surface area contributed by atoms with Crippen molar-refractivity contribution >= 4 is 23.3 Å². The van der Waals surface area contributed by atoms with E-state index >= 15 is 0 Å². The highest BCUT2D eigenvalue weighted by Crippen LogP contribution is 2.29. The molecule has 6 heteroatoms. The number of carboxylic acids is 1. The minimum Gasteiger partial charge on any atom is -0.491 e. The van der Waals surface area contributed by atoms with Gasteiger partial charge in [-0.25, -0.2) is 0 Å². The second-order valence-electron chi connectivity index (χ2n) is 10.4. The highest BCUT2D eigenvalue weighted by Gasteiger charge is 2.16. The summed E-state index contributed by atoms with van der Waals surface area (Å²) in [6.45, 7) is 4.64. The minimum absolute atomic E-state index is 0.0318. The third-order valence-electron chi connectivity index (χ3n) is 7.09. The number of hydrogen-bond donors (Lipinski definition) is 3. The number of amides is 1. The van der Waals surface area contributed by atoms with Gasteiger partial charge in [-0.1, -0.05) is 87.4 Å². The first-order valence-electron chi connectivity index (χ1n) is 14.8. The van der Waals surface area contributed by atoms with Crippen LogP contribution in [0, 0.1) is 0 Å². The normalized spacial score (nSPS) is 10.8. The van der Waals surface area contributed by atoms with E-state index in [0.717, 1.165) is 31.4 Å². The van der Waals surface area contributed by atoms with Gasteiger partial charge in [0.25, 0.3) is 5.91 Å². The predicted molar refractivity (Wildman–Crippen MR) is 170 cm³/mol. The molecule has 0 unspecified atom stereocenters. The molecule has 1 amide bonds. The monoisotopic (exact) mass is 564 g/mol. The standard InChI is InChI=1S/C36H40N2O4/c1-3-8-26-13-17-28(18-14-26)35(29-19-15-27(9-4-2)16-20-29)37-31-23-21-30(22-24-31)36(41)38-32-10-5-6-11-33(32)42-25-7-12-34(39)40/h5-6,10-11,13-24,35,37H,3-4,7-9,12,25H2,1-2H3,(H,38,41)(H,39,40). The van der Waals surface area contributed by atoms with Crippen LogP contribution in [-0.4, -0.2) is 23.6 Å². The van der Waals surface area contributed by atoms with Gasteiger partial charge in [0.2, 0.25) is 0 Å². The van der Waals surface area contributed by atoms with E-state index in [2.05, 4.69) is 73.0 Å². The molecule has 0 saturated carbocycles. The first-order valence-corrected chi connectivity index (χ1v) is 14.8. The van der Waals surface area contributed by atoms with Crippen molar-refractivity contribution in [2.75, 3.05) is 17.2 Å². The SMILES string of the molecule is CCCc1ccc(C(Nc2ccc(C(=O)Nc3ccccc3OCCCC(=O)O)cc2)c2ccc(CCC)cc2)cc1. The lowest BCUT2D eigenvalue weighted by Crippen LogP contribution is -2.14. The highest BCUT2D eigenvalue weighted by molar-refractivity contribution is 6.05. The van der Waals surface area contributed by atoms with Gasteiger partial charge in [-0.2, -0.15) is 0 Å². The minimum atomic E-state index is -0.862. The third-order valence-corrected chi connectivity index (χ3v) is 7.09. The van der Waals surface area contributed by atoms with Crippen LogP contribution in [0.15, 0.2) is 97.1 Å². The van der Waals surface area contributed by atoms with Crippen LogP contribution >= 0.6 is 0 Å². The number of aryl methyl sites for hydroxylation is 2. The Morgan fingerprint density at radius 3 is 1.88 bits per heavy atom. The third kappa shape index (κ3) is 8.71. The molecule has 4 aromatic rings. The molecular weight excluding hydrogens is 524 g/mol. The molecule has 6 nitrogen and oxygen atoms in total. The van der Waals surface area contributed by atoms with Crippen LogP contribution in [0.2, 0.25) is 0 Å². The molecule has 4 aromatic carbocycles. The van der Waals surface area contributed by atoms with Crippen LogP contribution in [0.25, 0.3) is 0 Å². The highest BCUT2D eigenvalue weighted by atomic mass is 16.5. The summed E-state index contributed by atoms with van der Waals surface area (Å²) >= 11 is 0. The van der Waals surface area contributed by atoms with Gasteiger partial charge >= 0.3 is 5.97 Å². The zero-order valence-electron chi connectivity index (χ0n) is 24.4. The number of benzene rings is 4. The molecule has 0 aliphatic carbocycles. The maximum Gasteiger partial charge on any atom is 0.303 e. The second-order valence-corrected chi connectivity index (χ2v) is 10.4. The summed E-state index contributed by atoms with van der Waals surface area (Å²) in [5.74, 6) is -0.607. The van der Waals surface area contributed by atoms with Crippen LogP contribution in [0.5, 0.6) is 5.75 Å². The smallest absolute Gasteiger partial charge is 0.303 e. The number of carbonyl (C=O) groups is 2. The Bertz CT molecular complexity index is 1380. The van der Waals surface area contributed by atoms with Crippen molar-refractivity contribution in [3.05, 3.63) is 125 Å². The fourth-order valence-electron chi connectivity index (χ4n) is 4.87. The topological polar surface area (TPSA) is 87.7 Å². The van der Waals surface area contributed by atoms with Crippen molar-refractivity contribution in [2.45, 2.75) is 58.4 Å². The molecule has 42 heavy (non-hydrogen) atoms. The van der Waals surface area contributed by atoms with Gasteiger partial charge in [0.1, 0.15) is 5.75 Å². The van der Waals surface area contributed by atoms with Crippen LogP contribution in [0.1, 0.15) is 78.2 Å². The van der Waals surface area contributed by atoms with Crippen molar-refractivity contribution in [1.29, 1.82) is 0 Å². The van der Waals surface area contributed by atoms with Gasteiger partial charge in [0, 0.05) is 17.7 Å². The van der Waals surface area contributed by atoms with E-state index in [4.69, 9.17) is 9.84 Å². The van der Waals surface area contributed by atoms with E-state index in [1.165, 1.54) is 22.3 Å². The van der Waals surface area contributed by atoms with Crippen molar-refractivity contribution in [3.63, 3.8) is 0 Å². The zero-order chi connectivity index (χ0) is 29.7. The van der Waals surface area contributed by atoms with Crippen LogP contribution in [0.4, 0.5) is 11.4 Å². The fourth-order valence-corrected chi connectivity index (χ4v) is 4.87. The maximum atomic E-state index is 13.1. The summed E-state index contributed by atoms with van der Waals surface area (Å²) < 4.78 is 5.72. The molecule has 0 aliphatic rings. The summed E-state index contributed by atoms with van der Waals surface area (Å²) in [6.07, 6.45) is 4.78. The zero-order valence-corrected chi connectivity index (χ0v) is 24.4. The molecule has 0 spiro atoms. The molecule has 4 rings (SSSR count). The Kier molecular flexibility index (Phi) is 11.2. The van der Waals surface area contributed by atoms with Gasteiger partial charge in [0.15, 0.2) is 0 Å². The lowest BCUT2D eigenvalue weighted by Gasteiger charge is -2.22. The van der Waals surface area contributed by atoms with Gasteiger partial charge < -0.3 is 20.5 Å². The van der Waals surface area contributed by atoms with Crippen LogP contribution in [0.3, 0.4) is 0 Å². The van der Waals surface area contributed by atoms with E-state index in [-0.39, 0.29) is 25.0 Å². The molecule has 3 N–H and O–H groups in total. The number of aliphatic carboxylic acids is 1. The number of carbonyl (C=O) groups excluding carboxylic acids is 1. The largest absolute Gasteiger partial charge is 0.491 e. The summed E-state index contributed by atoms with van der Waals surface area (Å²) in [7, 11) is 0. The van der Waals surface area contributed by atoms with Crippen molar-refractivity contribution in [3.8, 4) is 5.75 Å². The average Bonchev–Trinajstić information content (AvgIpc) is 3.00. The van der Waals surface area contributed by atoms with E-state index in [9.17, 15) is 9.59 Å². The second kappa shape index (κ2) is 15.4. The molecule has 0 heterocycles. The molecule has 0 saturated heterocycles. The van der Waals surface area contributed by atoms with Crippen molar-refractivity contribution in [2.24, 2.45) is 0 Å². The van der Waals surface area contributed by atoms with Gasteiger partial charge in [-0.05, 0) is 77.9 Å². The Hall–Kier alpha value is -4.58. The number of anilines is 2. The molecule has 0 aliphatic heterocycles. The van der Waals surface area contributed by atoms with E-state index < -0.39 is 5.97 Å².